The average molecular weight is 261 g/mol. The van der Waals surface area contributed by atoms with Gasteiger partial charge in [0.15, 0.2) is 9.84 Å². The first-order chi connectivity index (χ1) is 7.46. The zero-order chi connectivity index (χ0) is 11.8. The van der Waals surface area contributed by atoms with Gasteiger partial charge in [0.25, 0.3) is 0 Å². The number of halogens is 1. The van der Waals surface area contributed by atoms with Gasteiger partial charge in [-0.1, -0.05) is 11.6 Å². The monoisotopic (exact) mass is 260 g/mol. The molecule has 0 unspecified atom stereocenters. The molecule has 1 aliphatic rings. The van der Waals surface area contributed by atoms with Gasteiger partial charge in [0.05, 0.1) is 0 Å². The van der Waals surface area contributed by atoms with Crippen molar-refractivity contribution in [3.05, 3.63) is 22.2 Å². The molecule has 4 nitrogen and oxygen atoms in total. The van der Waals surface area contributed by atoms with Gasteiger partial charge < -0.3 is 0 Å². The molecule has 88 valence electrons. The fraction of sp³-hybridized carbons (Fsp3) is 0.600. The van der Waals surface area contributed by atoms with E-state index in [-0.39, 0.29) is 5.75 Å². The summed E-state index contributed by atoms with van der Waals surface area (Å²) in [5, 5.41) is 0.420. The molecule has 16 heavy (non-hydrogen) atoms. The predicted octanol–water partition coefficient (Wildman–Crippen LogP) is 1.55. The van der Waals surface area contributed by atoms with Crippen molar-refractivity contribution in [1.29, 1.82) is 0 Å². The number of rotatable bonds is 2. The lowest BCUT2D eigenvalue weighted by molar-refractivity contribution is 0.598. The van der Waals surface area contributed by atoms with Gasteiger partial charge in [-0.05, 0) is 25.7 Å². The van der Waals surface area contributed by atoms with E-state index in [0.29, 0.717) is 11.0 Å². The van der Waals surface area contributed by atoms with E-state index in [9.17, 15) is 8.42 Å². The summed E-state index contributed by atoms with van der Waals surface area (Å²) >= 11 is 6.03. The third-order valence-electron chi connectivity index (χ3n) is 2.57. The quantitative estimate of drug-likeness (QED) is 0.757. The van der Waals surface area contributed by atoms with E-state index in [2.05, 4.69) is 9.97 Å². The topological polar surface area (TPSA) is 59.9 Å². The second-order valence-corrected chi connectivity index (χ2v) is 6.63. The first-order valence-corrected chi connectivity index (χ1v) is 7.61. The normalized spacial score (nSPS) is 15.9. The fourth-order valence-electron chi connectivity index (χ4n) is 1.90. The molecule has 0 radical (unpaired) electrons. The zero-order valence-corrected chi connectivity index (χ0v) is 10.6. The highest BCUT2D eigenvalue weighted by Crippen LogP contribution is 2.25. The first-order valence-electron chi connectivity index (χ1n) is 5.17. The number of sulfone groups is 1. The number of hydrogen-bond acceptors (Lipinski definition) is 4. The summed E-state index contributed by atoms with van der Waals surface area (Å²) in [5.41, 5.74) is 1.91. The van der Waals surface area contributed by atoms with Crippen molar-refractivity contribution in [2.24, 2.45) is 0 Å². The Bertz CT molecular complexity index is 514. The minimum atomic E-state index is -3.10. The highest BCUT2D eigenvalue weighted by atomic mass is 35.5. The minimum Gasteiger partial charge on any atom is -0.236 e. The number of fused-ring (bicyclic) bond motifs is 1. The Kier molecular flexibility index (Phi) is 3.17. The first kappa shape index (κ1) is 11.8. The molecule has 0 N–H and O–H groups in total. The summed E-state index contributed by atoms with van der Waals surface area (Å²) in [7, 11) is -3.10. The van der Waals surface area contributed by atoms with Gasteiger partial charge in [0.1, 0.15) is 16.7 Å². The molecular formula is C10H13ClN2O2S. The van der Waals surface area contributed by atoms with E-state index in [4.69, 9.17) is 11.6 Å². The lowest BCUT2D eigenvalue weighted by Gasteiger charge is -2.16. The predicted molar refractivity (Wildman–Crippen MR) is 62.2 cm³/mol. The van der Waals surface area contributed by atoms with Crippen molar-refractivity contribution in [2.75, 3.05) is 6.26 Å². The number of nitrogens with zero attached hydrogens (tertiary/aromatic N) is 2. The molecule has 1 aromatic heterocycles. The molecule has 0 fully saturated rings. The van der Waals surface area contributed by atoms with Crippen LogP contribution in [-0.2, 0) is 28.4 Å². The molecular weight excluding hydrogens is 248 g/mol. The van der Waals surface area contributed by atoms with Gasteiger partial charge in [-0.3, -0.25) is 0 Å². The largest absolute Gasteiger partial charge is 0.236 e. The van der Waals surface area contributed by atoms with Gasteiger partial charge in [0.2, 0.25) is 0 Å². The van der Waals surface area contributed by atoms with E-state index in [1.54, 1.807) is 0 Å². The maximum absolute atomic E-state index is 11.2. The molecule has 2 rings (SSSR count). The lowest BCUT2D eigenvalue weighted by atomic mass is 9.97. The van der Waals surface area contributed by atoms with E-state index in [1.165, 1.54) is 6.26 Å². The Morgan fingerprint density at radius 1 is 1.25 bits per heavy atom. The standard InChI is InChI=1S/C10H13ClN2O2S/c1-16(14,15)6-9-12-8-5-3-2-4-7(8)10(11)13-9/h2-6H2,1H3. The Hall–Kier alpha value is -0.680. The summed E-state index contributed by atoms with van der Waals surface area (Å²) in [6.45, 7) is 0. The molecule has 0 saturated carbocycles. The Labute approximate surface area is 100.0 Å². The summed E-state index contributed by atoms with van der Waals surface area (Å²) in [4.78, 5) is 8.33. The second kappa shape index (κ2) is 4.30. The molecule has 0 aromatic carbocycles. The Morgan fingerprint density at radius 3 is 2.62 bits per heavy atom. The van der Waals surface area contributed by atoms with Crippen molar-refractivity contribution in [1.82, 2.24) is 9.97 Å². The van der Waals surface area contributed by atoms with Crippen LogP contribution >= 0.6 is 11.6 Å². The molecule has 6 heteroatoms. The van der Waals surface area contributed by atoms with E-state index < -0.39 is 9.84 Å². The van der Waals surface area contributed by atoms with E-state index >= 15 is 0 Å². The van der Waals surface area contributed by atoms with Gasteiger partial charge in [0, 0.05) is 17.5 Å². The summed E-state index contributed by atoms with van der Waals surface area (Å²) < 4.78 is 22.3. The summed E-state index contributed by atoms with van der Waals surface area (Å²) in [6.07, 6.45) is 5.12. The Balaban J connectivity index is 2.39. The van der Waals surface area contributed by atoms with Crippen LogP contribution in [0.5, 0.6) is 0 Å². The molecule has 0 spiro atoms. The van der Waals surface area contributed by atoms with E-state index in [1.807, 2.05) is 0 Å². The Morgan fingerprint density at radius 2 is 1.94 bits per heavy atom. The highest BCUT2D eigenvalue weighted by Gasteiger charge is 2.18. The second-order valence-electron chi connectivity index (χ2n) is 4.13. The van der Waals surface area contributed by atoms with Crippen molar-refractivity contribution >= 4 is 21.4 Å². The van der Waals surface area contributed by atoms with Crippen LogP contribution < -0.4 is 0 Å². The molecule has 0 aliphatic heterocycles. The van der Waals surface area contributed by atoms with Gasteiger partial charge >= 0.3 is 0 Å². The van der Waals surface area contributed by atoms with Crippen LogP contribution in [-0.4, -0.2) is 24.6 Å². The summed E-state index contributed by atoms with van der Waals surface area (Å²) in [5.74, 6) is 0.174. The van der Waals surface area contributed by atoms with Crippen molar-refractivity contribution in [2.45, 2.75) is 31.4 Å². The van der Waals surface area contributed by atoms with Crippen LogP contribution in [0.3, 0.4) is 0 Å². The summed E-state index contributed by atoms with van der Waals surface area (Å²) in [6, 6.07) is 0. The van der Waals surface area contributed by atoms with Gasteiger partial charge in [-0.2, -0.15) is 0 Å². The van der Waals surface area contributed by atoms with E-state index in [0.717, 1.165) is 36.9 Å². The zero-order valence-electron chi connectivity index (χ0n) is 9.03. The highest BCUT2D eigenvalue weighted by molar-refractivity contribution is 7.89. The lowest BCUT2D eigenvalue weighted by Crippen LogP contribution is -2.13. The molecule has 0 bridgehead atoms. The third kappa shape index (κ3) is 2.71. The van der Waals surface area contributed by atoms with Gasteiger partial charge in [-0.25, -0.2) is 18.4 Å². The number of aryl methyl sites for hydroxylation is 1. The van der Waals surface area contributed by atoms with Crippen LogP contribution in [0, 0.1) is 0 Å². The molecule has 0 atom stereocenters. The van der Waals surface area contributed by atoms with Crippen LogP contribution in [0.1, 0.15) is 29.9 Å². The molecule has 1 aromatic rings. The molecule has 0 amide bonds. The average Bonchev–Trinajstić information content (AvgIpc) is 2.15. The number of aromatic nitrogens is 2. The van der Waals surface area contributed by atoms with Crippen LogP contribution in [0.25, 0.3) is 0 Å². The SMILES string of the molecule is CS(=O)(=O)Cc1nc(Cl)c2c(n1)CCCC2. The van der Waals surface area contributed by atoms with Crippen molar-refractivity contribution in [3.8, 4) is 0 Å². The van der Waals surface area contributed by atoms with Crippen LogP contribution in [0.4, 0.5) is 0 Å². The molecule has 1 heterocycles. The van der Waals surface area contributed by atoms with Crippen molar-refractivity contribution in [3.63, 3.8) is 0 Å². The van der Waals surface area contributed by atoms with Crippen LogP contribution in [0.15, 0.2) is 0 Å². The number of hydrogen-bond donors (Lipinski definition) is 0. The third-order valence-corrected chi connectivity index (χ3v) is 3.67. The maximum atomic E-state index is 11.2. The smallest absolute Gasteiger partial charge is 0.154 e. The molecule has 1 aliphatic carbocycles. The fourth-order valence-corrected chi connectivity index (χ4v) is 2.79. The van der Waals surface area contributed by atoms with Crippen LogP contribution in [0.2, 0.25) is 5.15 Å². The minimum absolute atomic E-state index is 0.139. The van der Waals surface area contributed by atoms with Gasteiger partial charge in [-0.15, -0.1) is 0 Å². The van der Waals surface area contributed by atoms with Crippen molar-refractivity contribution < 1.29 is 8.42 Å². The maximum Gasteiger partial charge on any atom is 0.154 e. The molecule has 0 saturated heterocycles.